The molecule has 0 saturated carbocycles. The predicted octanol–water partition coefficient (Wildman–Crippen LogP) is 3.41. The van der Waals surface area contributed by atoms with Crippen molar-refractivity contribution in [3.8, 4) is 0 Å². The summed E-state index contributed by atoms with van der Waals surface area (Å²) in [6.07, 6.45) is 4.93. The van der Waals surface area contributed by atoms with Crippen molar-refractivity contribution in [3.05, 3.63) is 0 Å². The van der Waals surface area contributed by atoms with Crippen LogP contribution in [0.15, 0.2) is 0 Å². The van der Waals surface area contributed by atoms with Crippen molar-refractivity contribution in [2.24, 2.45) is 0 Å². The summed E-state index contributed by atoms with van der Waals surface area (Å²) in [5.74, 6) is 0. The molecule has 0 aromatic rings. The van der Waals surface area contributed by atoms with E-state index in [1.807, 2.05) is 6.92 Å². The van der Waals surface area contributed by atoms with Gasteiger partial charge in [0.15, 0.2) is 0 Å². The first-order valence-electron chi connectivity index (χ1n) is 6.89. The number of aliphatic hydroxyl groups excluding tert-OH is 2. The van der Waals surface area contributed by atoms with Gasteiger partial charge in [0.1, 0.15) is 0 Å². The minimum atomic E-state index is -2.21. The van der Waals surface area contributed by atoms with Crippen LogP contribution in [-0.4, -0.2) is 41.3 Å². The van der Waals surface area contributed by atoms with Gasteiger partial charge in [-0.15, -0.1) is 0 Å². The van der Waals surface area contributed by atoms with Crippen LogP contribution in [-0.2, 0) is 0 Å². The zero-order valence-electron chi connectivity index (χ0n) is 11.3. The average molecular weight is 337 g/mol. The Morgan fingerprint density at radius 2 is 1.50 bits per heavy atom. The maximum absolute atomic E-state index is 9.68. The molecule has 98 valence electrons. The third-order valence-electron chi connectivity index (χ3n) is 3.49. The van der Waals surface area contributed by atoms with Gasteiger partial charge in [-0.1, -0.05) is 0 Å². The average Bonchev–Trinajstić information content (AvgIpc) is 2.23. The van der Waals surface area contributed by atoms with Crippen LogP contribution >= 0.6 is 0 Å². The number of hydrogen-bond acceptors (Lipinski definition) is 2. The van der Waals surface area contributed by atoms with Crippen molar-refractivity contribution in [2.75, 3.05) is 6.61 Å². The molecule has 16 heavy (non-hydrogen) atoms. The molecule has 0 rings (SSSR count). The van der Waals surface area contributed by atoms with Gasteiger partial charge in [-0.2, -0.15) is 0 Å². The number of hydrogen-bond donors (Lipinski definition) is 2. The van der Waals surface area contributed by atoms with Crippen LogP contribution in [0.1, 0.15) is 46.5 Å². The Labute approximate surface area is 105 Å². The first-order valence-corrected chi connectivity index (χ1v) is 15.0. The van der Waals surface area contributed by atoms with E-state index in [1.165, 1.54) is 34.6 Å². The van der Waals surface area contributed by atoms with Gasteiger partial charge in [-0.25, -0.2) is 0 Å². The Morgan fingerprint density at radius 3 is 1.81 bits per heavy atom. The molecule has 0 aromatic heterocycles. The van der Waals surface area contributed by atoms with Crippen LogP contribution in [0.2, 0.25) is 17.7 Å². The summed E-state index contributed by atoms with van der Waals surface area (Å²) < 4.78 is 4.82. The zero-order chi connectivity index (χ0) is 12.4. The van der Waals surface area contributed by atoms with Gasteiger partial charge >= 0.3 is 106 Å². The Bertz CT molecular complexity index is 152. The van der Waals surface area contributed by atoms with E-state index in [1.54, 1.807) is 0 Å². The van der Waals surface area contributed by atoms with E-state index in [-0.39, 0.29) is 6.10 Å². The molecule has 0 heterocycles. The topological polar surface area (TPSA) is 40.5 Å². The fourth-order valence-corrected chi connectivity index (χ4v) is 17.8. The minimum absolute atomic E-state index is 0.156. The van der Waals surface area contributed by atoms with Crippen molar-refractivity contribution in [3.63, 3.8) is 0 Å². The molecule has 2 N–H and O–H groups in total. The predicted molar refractivity (Wildman–Crippen MR) is 73.6 cm³/mol. The Balaban J connectivity index is 4.45. The van der Waals surface area contributed by atoms with Crippen LogP contribution in [0.25, 0.3) is 0 Å². The van der Waals surface area contributed by atoms with Gasteiger partial charge in [0.25, 0.3) is 0 Å². The molecule has 0 aliphatic rings. The zero-order valence-corrected chi connectivity index (χ0v) is 14.2. The number of unbranched alkanes of at least 4 members (excludes halogenated alkanes) is 2. The van der Waals surface area contributed by atoms with Crippen molar-refractivity contribution >= 4 is 18.4 Å². The molecule has 2 nitrogen and oxygen atoms in total. The van der Waals surface area contributed by atoms with Crippen molar-refractivity contribution < 1.29 is 10.2 Å². The van der Waals surface area contributed by atoms with Crippen molar-refractivity contribution in [1.29, 1.82) is 0 Å². The molecular formula is C13H30O2Sn. The summed E-state index contributed by atoms with van der Waals surface area (Å²) in [5.41, 5.74) is 0. The Morgan fingerprint density at radius 1 is 1.00 bits per heavy atom. The molecule has 0 saturated heterocycles. The van der Waals surface area contributed by atoms with Crippen LogP contribution in [0, 0.1) is 0 Å². The Hall–Kier alpha value is 0.719. The first-order chi connectivity index (χ1) is 7.60. The fourth-order valence-electron chi connectivity index (χ4n) is 2.65. The molecular weight excluding hydrogens is 307 g/mol. The van der Waals surface area contributed by atoms with E-state index in [9.17, 15) is 10.2 Å². The van der Waals surface area contributed by atoms with Gasteiger partial charge in [0.05, 0.1) is 0 Å². The second-order valence-corrected chi connectivity index (χ2v) is 19.2. The monoisotopic (exact) mass is 338 g/mol. The Kier molecular flexibility index (Phi) is 10.2. The van der Waals surface area contributed by atoms with Gasteiger partial charge < -0.3 is 0 Å². The third-order valence-corrected chi connectivity index (χ3v) is 19.4. The molecule has 3 heteroatoms. The van der Waals surface area contributed by atoms with E-state index in [0.29, 0.717) is 6.61 Å². The van der Waals surface area contributed by atoms with Gasteiger partial charge in [0, 0.05) is 0 Å². The molecule has 0 fully saturated rings. The second kappa shape index (κ2) is 9.72. The van der Waals surface area contributed by atoms with E-state index in [4.69, 9.17) is 0 Å². The molecule has 0 aliphatic heterocycles. The molecule has 1 atom stereocenters. The fraction of sp³-hybridized carbons (Fsp3) is 1.00. The molecule has 0 bridgehead atoms. The normalized spacial score (nSPS) is 14.1. The number of aliphatic hydroxyl groups is 2. The third kappa shape index (κ3) is 7.12. The van der Waals surface area contributed by atoms with Crippen LogP contribution in [0.4, 0.5) is 0 Å². The van der Waals surface area contributed by atoms with E-state index in [2.05, 4.69) is 13.8 Å². The molecule has 1 unspecified atom stereocenters. The summed E-state index contributed by atoms with van der Waals surface area (Å²) in [5, 5.41) is 19.0. The van der Waals surface area contributed by atoms with Crippen LogP contribution < -0.4 is 0 Å². The number of rotatable bonds is 10. The SMILES string of the molecule is CCC[CH2][Sn]([CH2]CO)([CH2]CCC)[CH2]C(C)O. The van der Waals surface area contributed by atoms with E-state index in [0.717, 1.165) is 8.87 Å². The van der Waals surface area contributed by atoms with Gasteiger partial charge in [0.2, 0.25) is 0 Å². The summed E-state index contributed by atoms with van der Waals surface area (Å²) >= 11 is -2.21. The maximum atomic E-state index is 9.68. The van der Waals surface area contributed by atoms with Crippen LogP contribution in [0.5, 0.6) is 0 Å². The van der Waals surface area contributed by atoms with Gasteiger partial charge in [-0.3, -0.25) is 0 Å². The molecule has 0 amide bonds. The quantitative estimate of drug-likeness (QED) is 0.600. The van der Waals surface area contributed by atoms with E-state index >= 15 is 0 Å². The standard InChI is InChI=1S/2C4H9.C3H7O.C2H5O.Sn/c2*1-3-4-2;1-3(2)4;1-2-3;/h2*1,3-4H2,2H3;3-4H,1H2,2H3;3H,1-2H2;. The molecule has 0 aliphatic carbocycles. The summed E-state index contributed by atoms with van der Waals surface area (Å²) in [4.78, 5) is 0. The summed E-state index contributed by atoms with van der Waals surface area (Å²) in [7, 11) is 0. The molecule has 0 radical (unpaired) electrons. The summed E-state index contributed by atoms with van der Waals surface area (Å²) in [6, 6.07) is 0. The van der Waals surface area contributed by atoms with Crippen molar-refractivity contribution in [1.82, 2.24) is 0 Å². The molecule has 0 spiro atoms. The van der Waals surface area contributed by atoms with E-state index < -0.39 is 18.4 Å². The van der Waals surface area contributed by atoms with Crippen molar-refractivity contribution in [2.45, 2.75) is 70.3 Å². The summed E-state index contributed by atoms with van der Waals surface area (Å²) in [6.45, 7) is 6.73. The van der Waals surface area contributed by atoms with Crippen LogP contribution in [0.3, 0.4) is 0 Å². The second-order valence-electron chi connectivity index (χ2n) is 5.23. The molecule has 0 aromatic carbocycles. The van der Waals surface area contributed by atoms with Gasteiger partial charge in [-0.05, 0) is 0 Å². The first kappa shape index (κ1) is 16.7.